The molecule has 0 amide bonds. The van der Waals surface area contributed by atoms with E-state index >= 15 is 0 Å². The highest BCUT2D eigenvalue weighted by molar-refractivity contribution is 4.70. The van der Waals surface area contributed by atoms with Crippen LogP contribution in [0.5, 0.6) is 0 Å². The average molecular weight is 159 g/mol. The van der Waals surface area contributed by atoms with Gasteiger partial charge in [0.1, 0.15) is 12.1 Å². The zero-order chi connectivity index (χ0) is 8.36. The molecule has 0 saturated carbocycles. The maximum atomic E-state index is 11.6. The first kappa shape index (κ1) is 9.67. The van der Waals surface area contributed by atoms with Gasteiger partial charge in [0.25, 0.3) is 0 Å². The van der Waals surface area contributed by atoms with Gasteiger partial charge in [-0.2, -0.15) is 13.2 Å². The predicted octanol–water partition coefficient (Wildman–Crippen LogP) is -0.566. The highest BCUT2D eigenvalue weighted by Crippen LogP contribution is 2.26. The molecule has 2 unspecified atom stereocenters. The van der Waals surface area contributed by atoms with Crippen molar-refractivity contribution in [1.29, 1.82) is 0 Å². The van der Waals surface area contributed by atoms with Crippen molar-refractivity contribution in [3.63, 3.8) is 0 Å². The number of aliphatic hydroxyl groups is 2. The minimum Gasteiger partial charge on any atom is -0.396 e. The van der Waals surface area contributed by atoms with E-state index in [9.17, 15) is 13.2 Å². The van der Waals surface area contributed by atoms with Crippen LogP contribution < -0.4 is 5.73 Å². The second-order valence-corrected chi connectivity index (χ2v) is 1.82. The number of alkyl halides is 3. The molecular formula is C4H8F3NO2. The van der Waals surface area contributed by atoms with Crippen molar-refractivity contribution in [2.24, 2.45) is 11.7 Å². The third-order valence-electron chi connectivity index (χ3n) is 1.03. The summed E-state index contributed by atoms with van der Waals surface area (Å²) >= 11 is 0. The maximum absolute atomic E-state index is 11.6. The van der Waals surface area contributed by atoms with Gasteiger partial charge in [-0.1, -0.05) is 0 Å². The maximum Gasteiger partial charge on any atom is 0.397 e. The predicted molar refractivity (Wildman–Crippen MR) is 26.8 cm³/mol. The molecule has 0 spiro atoms. The highest BCUT2D eigenvalue weighted by Gasteiger charge is 2.42. The Bertz CT molecular complexity index is 103. The molecule has 0 bridgehead atoms. The summed E-state index contributed by atoms with van der Waals surface area (Å²) in [5.74, 6) is -2.24. The number of rotatable bonds is 2. The molecule has 0 aromatic heterocycles. The van der Waals surface area contributed by atoms with Gasteiger partial charge in [-0.05, 0) is 0 Å². The van der Waals surface area contributed by atoms with Crippen LogP contribution >= 0.6 is 0 Å². The number of aliphatic hydroxyl groups excluding tert-OH is 2. The Hall–Kier alpha value is -0.330. The first-order chi connectivity index (χ1) is 4.39. The molecule has 0 radical (unpaired) electrons. The summed E-state index contributed by atoms with van der Waals surface area (Å²) in [7, 11) is 0. The molecule has 6 heteroatoms. The fourth-order valence-electron chi connectivity index (χ4n) is 0.405. The molecular weight excluding hydrogens is 151 g/mol. The number of hydrogen-bond acceptors (Lipinski definition) is 3. The van der Waals surface area contributed by atoms with E-state index in [0.29, 0.717) is 0 Å². The van der Waals surface area contributed by atoms with E-state index in [0.717, 1.165) is 0 Å². The molecule has 0 aromatic carbocycles. The van der Waals surface area contributed by atoms with E-state index in [4.69, 9.17) is 10.2 Å². The summed E-state index contributed by atoms with van der Waals surface area (Å²) < 4.78 is 34.7. The zero-order valence-electron chi connectivity index (χ0n) is 4.97. The third kappa shape index (κ3) is 2.51. The smallest absolute Gasteiger partial charge is 0.396 e. The molecule has 4 N–H and O–H groups in total. The molecule has 0 aromatic rings. The topological polar surface area (TPSA) is 66.5 Å². The monoisotopic (exact) mass is 159 g/mol. The van der Waals surface area contributed by atoms with Gasteiger partial charge in [0.05, 0.1) is 6.61 Å². The largest absolute Gasteiger partial charge is 0.397 e. The first-order valence-corrected chi connectivity index (χ1v) is 2.50. The molecule has 0 rings (SSSR count). The van der Waals surface area contributed by atoms with Crippen LogP contribution in [0.15, 0.2) is 0 Å². The van der Waals surface area contributed by atoms with Crippen molar-refractivity contribution in [3.05, 3.63) is 0 Å². The summed E-state index contributed by atoms with van der Waals surface area (Å²) in [6, 6.07) is 0. The fraction of sp³-hybridized carbons (Fsp3) is 1.00. The van der Waals surface area contributed by atoms with E-state index in [1.165, 1.54) is 0 Å². The summed E-state index contributed by atoms with van der Waals surface area (Å²) in [6.45, 7) is -1.19. The summed E-state index contributed by atoms with van der Waals surface area (Å²) in [4.78, 5) is 0. The lowest BCUT2D eigenvalue weighted by Gasteiger charge is -2.19. The van der Waals surface area contributed by atoms with Crippen LogP contribution in [0.4, 0.5) is 13.2 Å². The van der Waals surface area contributed by atoms with E-state index in [-0.39, 0.29) is 0 Å². The van der Waals surface area contributed by atoms with Crippen molar-refractivity contribution >= 4 is 0 Å². The molecule has 0 heterocycles. The normalized spacial score (nSPS) is 18.6. The van der Waals surface area contributed by atoms with Gasteiger partial charge in [0.15, 0.2) is 0 Å². The summed E-state index contributed by atoms with van der Waals surface area (Å²) in [5, 5.41) is 16.3. The quantitative estimate of drug-likeness (QED) is 0.473. The van der Waals surface area contributed by atoms with Crippen molar-refractivity contribution in [2.45, 2.75) is 12.4 Å². The summed E-state index contributed by atoms with van der Waals surface area (Å²) in [5.41, 5.74) is 4.51. The second-order valence-electron chi connectivity index (χ2n) is 1.82. The lowest BCUT2D eigenvalue weighted by Crippen LogP contribution is -2.41. The Morgan fingerprint density at radius 1 is 1.40 bits per heavy atom. The van der Waals surface area contributed by atoms with Crippen LogP contribution in [0.2, 0.25) is 0 Å². The fourth-order valence-corrected chi connectivity index (χ4v) is 0.405. The highest BCUT2D eigenvalue weighted by atomic mass is 19.4. The lowest BCUT2D eigenvalue weighted by molar-refractivity contribution is -0.208. The van der Waals surface area contributed by atoms with Crippen molar-refractivity contribution in [1.82, 2.24) is 0 Å². The zero-order valence-corrected chi connectivity index (χ0v) is 4.97. The van der Waals surface area contributed by atoms with Crippen molar-refractivity contribution < 1.29 is 23.4 Å². The molecule has 2 atom stereocenters. The Balaban J connectivity index is 4.07. The van der Waals surface area contributed by atoms with Gasteiger partial charge >= 0.3 is 6.18 Å². The Labute approximate surface area is 55.3 Å². The Morgan fingerprint density at radius 3 is 1.80 bits per heavy atom. The second kappa shape index (κ2) is 3.18. The Kier molecular flexibility index (Phi) is 3.07. The molecule has 0 fully saturated rings. The standard InChI is InChI=1S/C4H8F3NO2/c5-4(6,7)2(1-9)3(8)10/h2-3,9-10H,1,8H2. The van der Waals surface area contributed by atoms with Gasteiger partial charge in [-0.3, -0.25) is 0 Å². The minimum absolute atomic E-state index is 1.19. The van der Waals surface area contributed by atoms with Crippen LogP contribution in [-0.4, -0.2) is 29.2 Å². The SMILES string of the molecule is NC(O)C(CO)C(F)(F)F. The van der Waals surface area contributed by atoms with Crippen molar-refractivity contribution in [3.8, 4) is 0 Å². The van der Waals surface area contributed by atoms with Gasteiger partial charge in [-0.15, -0.1) is 0 Å². The lowest BCUT2D eigenvalue weighted by atomic mass is 10.1. The number of halogens is 3. The van der Waals surface area contributed by atoms with Crippen LogP contribution in [-0.2, 0) is 0 Å². The van der Waals surface area contributed by atoms with E-state index in [1.54, 1.807) is 0 Å². The molecule has 0 aliphatic carbocycles. The first-order valence-electron chi connectivity index (χ1n) is 2.50. The van der Waals surface area contributed by atoms with Gasteiger partial charge in [0.2, 0.25) is 0 Å². The molecule has 0 saturated heterocycles. The van der Waals surface area contributed by atoms with Gasteiger partial charge < -0.3 is 15.9 Å². The third-order valence-corrected chi connectivity index (χ3v) is 1.03. The van der Waals surface area contributed by atoms with Gasteiger partial charge in [-0.25, -0.2) is 0 Å². The molecule has 3 nitrogen and oxygen atoms in total. The van der Waals surface area contributed by atoms with Gasteiger partial charge in [0, 0.05) is 0 Å². The molecule has 0 aliphatic rings. The number of nitrogens with two attached hydrogens (primary N) is 1. The van der Waals surface area contributed by atoms with Crippen LogP contribution in [0.1, 0.15) is 0 Å². The van der Waals surface area contributed by atoms with Crippen LogP contribution in [0, 0.1) is 5.92 Å². The molecule has 10 heavy (non-hydrogen) atoms. The van der Waals surface area contributed by atoms with E-state index in [1.807, 2.05) is 0 Å². The molecule has 62 valence electrons. The van der Waals surface area contributed by atoms with E-state index in [2.05, 4.69) is 5.73 Å². The minimum atomic E-state index is -4.64. The number of hydrogen-bond donors (Lipinski definition) is 3. The Morgan fingerprint density at radius 2 is 1.80 bits per heavy atom. The average Bonchev–Trinajstić information content (AvgIpc) is 1.60. The van der Waals surface area contributed by atoms with Crippen molar-refractivity contribution in [2.75, 3.05) is 6.61 Å². The summed E-state index contributed by atoms with van der Waals surface area (Å²) in [6.07, 6.45) is -6.69. The van der Waals surface area contributed by atoms with E-state index < -0.39 is 24.9 Å². The van der Waals surface area contributed by atoms with Crippen LogP contribution in [0.3, 0.4) is 0 Å². The van der Waals surface area contributed by atoms with Crippen LogP contribution in [0.25, 0.3) is 0 Å². The molecule has 0 aliphatic heterocycles.